The van der Waals surface area contributed by atoms with Crippen molar-refractivity contribution in [3.63, 3.8) is 0 Å². The van der Waals surface area contributed by atoms with Gasteiger partial charge in [-0.3, -0.25) is 14.4 Å². The lowest BCUT2D eigenvalue weighted by Gasteiger charge is -2.62. The summed E-state index contributed by atoms with van der Waals surface area (Å²) in [6.45, 7) is 20.4. The number of aliphatic hydroxyl groups excluding tert-OH is 2. The number of nitrogens with one attached hydrogen (secondary N) is 2. The zero-order chi connectivity index (χ0) is 57.0. The van der Waals surface area contributed by atoms with Crippen molar-refractivity contribution in [1.29, 1.82) is 5.26 Å². The number of benzene rings is 2. The van der Waals surface area contributed by atoms with Crippen LogP contribution in [0, 0.1) is 64.6 Å². The van der Waals surface area contributed by atoms with Crippen LogP contribution in [0.2, 0.25) is 0 Å². The number of amides is 4. The number of aromatic nitrogens is 1. The number of phenolic OH excluding ortho intramolecular Hbond substituents is 2. The number of likely N-dealkylation sites (N-methyl/N-ethyl adjacent to an activating group) is 1. The number of fused-ring (bicyclic) bond motifs is 6. The first-order chi connectivity index (χ1) is 36.8. The Bertz CT molecular complexity index is 2870. The first kappa shape index (κ1) is 59.9. The predicted molar refractivity (Wildman–Crippen MR) is 299 cm³/mol. The highest BCUT2D eigenvalue weighted by atomic mass is 32.1. The number of hydrogen-bond donors (Lipinski definition) is 7. The molecule has 1 aromatic heterocycles. The fourth-order valence-electron chi connectivity index (χ4n) is 14.6. The summed E-state index contributed by atoms with van der Waals surface area (Å²) in [6, 6.07) is 5.78. The Morgan fingerprint density at radius 2 is 1.68 bits per heavy atom. The third kappa shape index (κ3) is 12.8. The topological polar surface area (TPSA) is 263 Å². The lowest BCUT2D eigenvalue weighted by Crippen LogP contribution is -2.58. The minimum Gasteiger partial charge on any atom is -0.507 e. The third-order valence-electron chi connectivity index (χ3n) is 19.3. The van der Waals surface area contributed by atoms with Crippen molar-refractivity contribution in [2.24, 2.45) is 46.3 Å². The molecule has 4 fully saturated rings. The van der Waals surface area contributed by atoms with E-state index < -0.39 is 29.6 Å². The summed E-state index contributed by atoms with van der Waals surface area (Å²) in [5, 5.41) is 69.8. The number of aliphatic hydroxyl groups is 2. The SMILES string of the molecule is C=c1c(C)c(O)c(=C)c(C(C)(C)CC(=O)N(C)CCN(CCCC(=O)NCCCCC(NC(=O)CC[C@@H](C)[C@H]2CC[C@H]3[C@@H]4CC[C@@H]5C[C@H](O)CC[C@]5(C)[C@H]4C[C@H](O)[C@]23C)C(=O)O)C(=O)Oc2ccc3nc(C#N)sc3c2)c1O. The maximum Gasteiger partial charge on any atom is 0.415 e. The van der Waals surface area contributed by atoms with E-state index >= 15 is 0 Å². The monoisotopic (exact) mass is 1100 g/mol. The molecule has 0 bridgehead atoms. The predicted octanol–water partition coefficient (Wildman–Crippen LogP) is 7.38. The molecule has 7 rings (SSSR count). The minimum atomic E-state index is -1.12. The number of aromatic hydroxyl groups is 2. The molecule has 1 unspecified atom stereocenters. The van der Waals surface area contributed by atoms with Gasteiger partial charge in [-0.15, -0.1) is 11.3 Å². The number of nitrogens with zero attached hydrogens (tertiary/aromatic N) is 4. The maximum absolute atomic E-state index is 13.7. The van der Waals surface area contributed by atoms with E-state index in [2.05, 4.69) is 49.5 Å². The van der Waals surface area contributed by atoms with Crippen molar-refractivity contribution < 1.29 is 54.2 Å². The molecule has 3 aromatic rings. The summed E-state index contributed by atoms with van der Waals surface area (Å²) in [7, 11) is 1.59. The molecule has 1 heterocycles. The van der Waals surface area contributed by atoms with Crippen LogP contribution in [0.3, 0.4) is 0 Å². The minimum absolute atomic E-state index is 0.0458. The third-order valence-corrected chi connectivity index (χ3v) is 20.2. The van der Waals surface area contributed by atoms with Crippen molar-refractivity contribution in [2.75, 3.05) is 33.2 Å². The van der Waals surface area contributed by atoms with E-state index in [4.69, 9.17) is 4.74 Å². The molecule has 18 heteroatoms. The number of unbranched alkanes of at least 4 members (excludes halogenated alkanes) is 1. The largest absolute Gasteiger partial charge is 0.507 e. The van der Waals surface area contributed by atoms with E-state index in [0.717, 1.165) is 62.7 Å². The molecular weight excluding hydrogens is 1010 g/mol. The van der Waals surface area contributed by atoms with E-state index in [-0.39, 0.29) is 137 Å². The van der Waals surface area contributed by atoms with Gasteiger partial charge in [0.2, 0.25) is 17.7 Å². The van der Waals surface area contributed by atoms with Crippen LogP contribution < -0.4 is 25.8 Å². The summed E-state index contributed by atoms with van der Waals surface area (Å²) in [4.78, 5) is 73.1. The van der Waals surface area contributed by atoms with Crippen molar-refractivity contribution >= 4 is 64.5 Å². The maximum atomic E-state index is 13.7. The number of aliphatic carboxylic acids is 1. The Morgan fingerprint density at radius 3 is 2.40 bits per heavy atom. The smallest absolute Gasteiger partial charge is 0.415 e. The van der Waals surface area contributed by atoms with Gasteiger partial charge >= 0.3 is 12.1 Å². The van der Waals surface area contributed by atoms with Crippen LogP contribution in [0.4, 0.5) is 4.79 Å². The molecule has 11 atom stereocenters. The average molecular weight is 1100 g/mol. The van der Waals surface area contributed by atoms with Crippen LogP contribution in [0.15, 0.2) is 18.2 Å². The molecule has 78 heavy (non-hydrogen) atoms. The Balaban J connectivity index is 0.855. The number of carboxylic acids is 1. The highest BCUT2D eigenvalue weighted by Crippen LogP contribution is 2.68. The van der Waals surface area contributed by atoms with Gasteiger partial charge in [0, 0.05) is 85.5 Å². The molecule has 17 nitrogen and oxygen atoms in total. The number of nitriles is 1. The van der Waals surface area contributed by atoms with E-state index in [1.807, 2.05) is 6.07 Å². The first-order valence-corrected chi connectivity index (χ1v) is 29.0. The Labute approximate surface area is 463 Å². The van der Waals surface area contributed by atoms with Crippen molar-refractivity contribution in [3.05, 3.63) is 44.8 Å². The molecule has 4 saturated carbocycles. The number of carboxylic acid groups (broad SMARTS) is 1. The summed E-state index contributed by atoms with van der Waals surface area (Å²) in [6.07, 6.45) is 8.72. The molecule has 0 saturated heterocycles. The van der Waals surface area contributed by atoms with E-state index in [1.165, 1.54) is 9.80 Å². The zero-order valence-electron chi connectivity index (χ0n) is 46.9. The standard InChI is InChI=1S/C60H84N6O11S/c1-34(42-19-20-43-41-18-16-38-29-39(67)23-24-59(38,7)44(41)31-48(68)60(42,43)8)15-22-50(70)63-46(56(74)75)13-10-11-25-62-49(69)14-12-26-66(57(76)77-40-17-21-45-47(30-40)78-51(33-61)64-45)28-27-65(9)52(71)32-58(5,6)53-37(4)54(72)35(2)36(3)55(53)73/h17,21,30,34,38-39,41-44,46,48,67-68,72-73H,3-4,10-16,18-20,22-29,31-32H2,1-2,5-9H3,(H,62,69)(H,63,70)(H,74,75)/t34-,38-,39-,41+,42-,43+,44+,46?,48+,59+,60-/m1/s1. The van der Waals surface area contributed by atoms with E-state index in [9.17, 15) is 54.8 Å². The molecule has 0 aliphatic heterocycles. The molecule has 426 valence electrons. The Kier molecular flexibility index (Phi) is 19.0. The number of carbonyl (C=O) groups is 5. The molecule has 4 aliphatic rings. The Hall–Kier alpha value is -5.77. The highest BCUT2D eigenvalue weighted by Gasteiger charge is 2.63. The summed E-state index contributed by atoms with van der Waals surface area (Å²) in [5.74, 6) is 0.397. The number of hydrogen-bond acceptors (Lipinski definition) is 13. The lowest BCUT2D eigenvalue weighted by atomic mass is 9.43. The summed E-state index contributed by atoms with van der Waals surface area (Å²) >= 11 is 1.16. The first-order valence-electron chi connectivity index (χ1n) is 28.2. The fourth-order valence-corrected chi connectivity index (χ4v) is 15.4. The fraction of sp³-hybridized carbons (Fsp3) is 0.650. The van der Waals surface area contributed by atoms with E-state index in [0.29, 0.717) is 64.3 Å². The van der Waals surface area contributed by atoms with Crippen LogP contribution in [-0.2, 0) is 24.6 Å². The molecule has 0 spiro atoms. The normalized spacial score (nSPS) is 26.3. The van der Waals surface area contributed by atoms with Crippen LogP contribution in [0.25, 0.3) is 23.4 Å². The molecule has 0 radical (unpaired) electrons. The average Bonchev–Trinajstić information content (AvgIpc) is 4.18. The summed E-state index contributed by atoms with van der Waals surface area (Å²) in [5.41, 5.74) is 0.255. The van der Waals surface area contributed by atoms with Crippen LogP contribution in [0.1, 0.15) is 153 Å². The van der Waals surface area contributed by atoms with Gasteiger partial charge in [-0.05, 0) is 149 Å². The zero-order valence-corrected chi connectivity index (χ0v) is 47.7. The quantitative estimate of drug-likeness (QED) is 0.0383. The number of carbonyl (C=O) groups excluding carboxylic acids is 4. The highest BCUT2D eigenvalue weighted by molar-refractivity contribution is 7.19. The number of rotatable bonds is 22. The van der Waals surface area contributed by atoms with E-state index in [1.54, 1.807) is 46.0 Å². The summed E-state index contributed by atoms with van der Waals surface area (Å²) < 4.78 is 6.42. The second-order valence-electron chi connectivity index (χ2n) is 24.5. The molecule has 4 amide bonds. The second-order valence-corrected chi connectivity index (χ2v) is 25.5. The Morgan fingerprint density at radius 1 is 0.936 bits per heavy atom. The van der Waals surface area contributed by atoms with Gasteiger partial charge in [0.25, 0.3) is 0 Å². The van der Waals surface area contributed by atoms with Gasteiger partial charge in [-0.2, -0.15) is 5.26 Å². The lowest BCUT2D eigenvalue weighted by molar-refractivity contribution is -0.175. The van der Waals surface area contributed by atoms with Crippen molar-refractivity contribution in [3.8, 4) is 23.3 Å². The number of thiazole rings is 1. The van der Waals surface area contributed by atoms with Gasteiger partial charge in [0.05, 0.1) is 22.4 Å². The van der Waals surface area contributed by atoms with Crippen molar-refractivity contribution in [2.45, 2.75) is 168 Å². The number of phenols is 2. The van der Waals surface area contributed by atoms with Crippen LogP contribution in [0.5, 0.6) is 17.2 Å². The molecule has 2 aromatic carbocycles. The second kappa shape index (κ2) is 24.7. The van der Waals surface area contributed by atoms with Gasteiger partial charge in [-0.25, -0.2) is 14.6 Å². The molecule has 4 aliphatic carbocycles. The van der Waals surface area contributed by atoms with Crippen molar-refractivity contribution in [1.82, 2.24) is 25.4 Å². The van der Waals surface area contributed by atoms with Crippen LogP contribution >= 0.6 is 11.3 Å². The van der Waals surface area contributed by atoms with Gasteiger partial charge in [-0.1, -0.05) is 47.8 Å². The molecular formula is C60H84N6O11S. The molecule has 7 N–H and O–H groups in total. The van der Waals surface area contributed by atoms with Gasteiger partial charge in [0.1, 0.15) is 29.4 Å². The van der Waals surface area contributed by atoms with Crippen LogP contribution in [-0.4, -0.2) is 122 Å². The van der Waals surface area contributed by atoms with Gasteiger partial charge in [0.15, 0.2) is 5.01 Å². The van der Waals surface area contributed by atoms with Gasteiger partial charge < -0.3 is 50.7 Å². The number of ether oxygens (including phenoxy) is 1.